The summed E-state index contributed by atoms with van der Waals surface area (Å²) in [4.78, 5) is 24.2. The second-order valence-corrected chi connectivity index (χ2v) is 8.84. The Hall–Kier alpha value is -2.82. The van der Waals surface area contributed by atoms with Gasteiger partial charge in [-0.25, -0.2) is 12.8 Å². The lowest BCUT2D eigenvalue weighted by Crippen LogP contribution is -2.53. The molecular weight excluding hydrogens is 425 g/mol. The summed E-state index contributed by atoms with van der Waals surface area (Å²) in [6.45, 7) is 0.648. The molecule has 1 fully saturated rings. The van der Waals surface area contributed by atoms with E-state index in [0.717, 1.165) is 5.56 Å². The maximum absolute atomic E-state index is 12.9. The number of hydrogen-bond donors (Lipinski definition) is 2. The molecule has 8 nitrogen and oxygen atoms in total. The Bertz CT molecular complexity index is 999. The topological polar surface area (TPSA) is 105 Å². The standard InChI is InChI=1S/C21H24FN3O5S/c22-17-9-7-16(8-10-17)11-12-23-20(26)21(27)24-15-19-25(13-4-14-30-19)31(28,29)18-5-2-1-3-6-18/h1-3,5-10,19H,4,11-15H2,(H,23,26)(H,24,27)/t19-/m1/s1. The Labute approximate surface area is 180 Å². The Kier molecular flexibility index (Phi) is 7.72. The first-order valence-electron chi connectivity index (χ1n) is 9.87. The Balaban J connectivity index is 1.51. The third-order valence-electron chi connectivity index (χ3n) is 4.76. The van der Waals surface area contributed by atoms with Crippen LogP contribution in [0.25, 0.3) is 0 Å². The van der Waals surface area contributed by atoms with E-state index in [1.165, 1.54) is 28.6 Å². The SMILES string of the molecule is O=C(NCCc1ccc(F)cc1)C(=O)NC[C@H]1OCCCN1S(=O)(=O)c1ccccc1. The highest BCUT2D eigenvalue weighted by Gasteiger charge is 2.34. The van der Waals surface area contributed by atoms with Gasteiger partial charge in [-0.15, -0.1) is 0 Å². The van der Waals surface area contributed by atoms with Crippen LogP contribution in [0.4, 0.5) is 4.39 Å². The van der Waals surface area contributed by atoms with Gasteiger partial charge in [0.25, 0.3) is 0 Å². The zero-order valence-corrected chi connectivity index (χ0v) is 17.6. The number of benzene rings is 2. The molecule has 1 heterocycles. The van der Waals surface area contributed by atoms with E-state index in [1.807, 2.05) is 0 Å². The number of carbonyl (C=O) groups is 2. The molecule has 0 saturated carbocycles. The summed E-state index contributed by atoms with van der Waals surface area (Å²) in [5.74, 6) is -2.07. The number of hydrogen-bond acceptors (Lipinski definition) is 5. The molecule has 0 unspecified atom stereocenters. The fraction of sp³-hybridized carbons (Fsp3) is 0.333. The molecule has 1 aliphatic rings. The van der Waals surface area contributed by atoms with Gasteiger partial charge >= 0.3 is 11.8 Å². The number of rotatable bonds is 7. The summed E-state index contributed by atoms with van der Waals surface area (Å²) >= 11 is 0. The van der Waals surface area contributed by atoms with Gasteiger partial charge < -0.3 is 15.4 Å². The summed E-state index contributed by atoms with van der Waals surface area (Å²) in [7, 11) is -3.80. The van der Waals surface area contributed by atoms with Gasteiger partial charge in [0, 0.05) is 13.1 Å². The van der Waals surface area contributed by atoms with Gasteiger partial charge in [0.1, 0.15) is 12.0 Å². The maximum atomic E-state index is 12.9. The van der Waals surface area contributed by atoms with Crippen LogP contribution >= 0.6 is 0 Å². The van der Waals surface area contributed by atoms with E-state index in [-0.39, 0.29) is 30.3 Å². The van der Waals surface area contributed by atoms with Crippen molar-refractivity contribution in [1.82, 2.24) is 14.9 Å². The fourth-order valence-corrected chi connectivity index (χ4v) is 4.73. The second kappa shape index (κ2) is 10.5. The smallest absolute Gasteiger partial charge is 0.309 e. The summed E-state index contributed by atoms with van der Waals surface area (Å²) in [5, 5.41) is 4.91. The van der Waals surface area contributed by atoms with Crippen molar-refractivity contribution in [1.29, 1.82) is 0 Å². The molecule has 2 aromatic rings. The molecule has 31 heavy (non-hydrogen) atoms. The quantitative estimate of drug-likeness (QED) is 0.615. The number of nitrogens with zero attached hydrogens (tertiary/aromatic N) is 1. The van der Waals surface area contributed by atoms with Crippen LogP contribution in [0.3, 0.4) is 0 Å². The number of sulfonamides is 1. The third-order valence-corrected chi connectivity index (χ3v) is 6.66. The molecule has 1 atom stereocenters. The van der Waals surface area contributed by atoms with Gasteiger partial charge in [0.2, 0.25) is 10.0 Å². The Morgan fingerprint density at radius 3 is 2.42 bits per heavy atom. The van der Waals surface area contributed by atoms with E-state index in [9.17, 15) is 22.4 Å². The molecular formula is C21H24FN3O5S. The summed E-state index contributed by atoms with van der Waals surface area (Å²) in [6.07, 6.45) is 0.0593. The Morgan fingerprint density at radius 1 is 1.03 bits per heavy atom. The van der Waals surface area contributed by atoms with E-state index in [0.29, 0.717) is 19.4 Å². The van der Waals surface area contributed by atoms with Crippen LogP contribution in [0.1, 0.15) is 12.0 Å². The fourth-order valence-electron chi connectivity index (χ4n) is 3.14. The second-order valence-electron chi connectivity index (χ2n) is 6.95. The van der Waals surface area contributed by atoms with Crippen molar-refractivity contribution in [2.75, 3.05) is 26.2 Å². The minimum absolute atomic E-state index is 0.135. The highest BCUT2D eigenvalue weighted by molar-refractivity contribution is 7.89. The molecule has 0 aromatic heterocycles. The van der Waals surface area contributed by atoms with Crippen molar-refractivity contribution in [3.8, 4) is 0 Å². The van der Waals surface area contributed by atoms with Gasteiger partial charge in [-0.05, 0) is 42.7 Å². The molecule has 10 heteroatoms. The van der Waals surface area contributed by atoms with Crippen molar-refractivity contribution < 1.29 is 27.1 Å². The molecule has 1 aliphatic heterocycles. The van der Waals surface area contributed by atoms with Gasteiger partial charge in [-0.2, -0.15) is 4.31 Å². The van der Waals surface area contributed by atoms with Crippen molar-refractivity contribution in [3.63, 3.8) is 0 Å². The van der Waals surface area contributed by atoms with E-state index in [2.05, 4.69) is 10.6 Å². The maximum Gasteiger partial charge on any atom is 0.309 e. The molecule has 2 N–H and O–H groups in total. The molecule has 0 radical (unpaired) electrons. The highest BCUT2D eigenvalue weighted by atomic mass is 32.2. The van der Waals surface area contributed by atoms with Gasteiger partial charge in [0.05, 0.1) is 18.0 Å². The number of carbonyl (C=O) groups excluding carboxylic acids is 2. The predicted molar refractivity (Wildman–Crippen MR) is 111 cm³/mol. The van der Waals surface area contributed by atoms with Crippen LogP contribution < -0.4 is 10.6 Å². The van der Waals surface area contributed by atoms with Crippen LogP contribution in [0.2, 0.25) is 0 Å². The van der Waals surface area contributed by atoms with E-state index in [4.69, 9.17) is 4.74 Å². The van der Waals surface area contributed by atoms with Gasteiger partial charge in [0.15, 0.2) is 0 Å². The lowest BCUT2D eigenvalue weighted by molar-refractivity contribution is -0.140. The predicted octanol–water partition coefficient (Wildman–Crippen LogP) is 1.04. The number of nitrogens with one attached hydrogen (secondary N) is 2. The monoisotopic (exact) mass is 449 g/mol. The average molecular weight is 450 g/mol. The molecule has 0 aliphatic carbocycles. The average Bonchev–Trinajstić information content (AvgIpc) is 2.79. The van der Waals surface area contributed by atoms with E-state index in [1.54, 1.807) is 30.3 Å². The molecule has 2 amide bonds. The van der Waals surface area contributed by atoms with Gasteiger partial charge in [-0.1, -0.05) is 30.3 Å². The number of ether oxygens (including phenoxy) is 1. The van der Waals surface area contributed by atoms with Crippen LogP contribution in [0.5, 0.6) is 0 Å². The lowest BCUT2D eigenvalue weighted by atomic mass is 10.1. The minimum atomic E-state index is -3.80. The minimum Gasteiger partial charge on any atom is -0.360 e. The van der Waals surface area contributed by atoms with Crippen molar-refractivity contribution in [2.45, 2.75) is 24.0 Å². The van der Waals surface area contributed by atoms with Crippen molar-refractivity contribution in [2.24, 2.45) is 0 Å². The largest absolute Gasteiger partial charge is 0.360 e. The molecule has 1 saturated heterocycles. The molecule has 2 aromatic carbocycles. The first kappa shape index (κ1) is 22.9. The normalized spacial score (nSPS) is 17.1. The van der Waals surface area contributed by atoms with Gasteiger partial charge in [-0.3, -0.25) is 9.59 Å². The Morgan fingerprint density at radius 2 is 1.71 bits per heavy atom. The van der Waals surface area contributed by atoms with E-state index >= 15 is 0 Å². The van der Waals surface area contributed by atoms with Crippen LogP contribution in [-0.4, -0.2) is 57.0 Å². The van der Waals surface area contributed by atoms with Crippen molar-refractivity contribution in [3.05, 3.63) is 66.0 Å². The molecule has 166 valence electrons. The van der Waals surface area contributed by atoms with Crippen LogP contribution in [0, 0.1) is 5.82 Å². The molecule has 0 spiro atoms. The summed E-state index contributed by atoms with van der Waals surface area (Å²) in [6, 6.07) is 13.8. The zero-order valence-electron chi connectivity index (χ0n) is 16.8. The number of halogens is 1. The number of amides is 2. The summed E-state index contributed by atoms with van der Waals surface area (Å²) in [5.41, 5.74) is 0.819. The van der Waals surface area contributed by atoms with Crippen molar-refractivity contribution >= 4 is 21.8 Å². The summed E-state index contributed by atoms with van der Waals surface area (Å²) < 4.78 is 45.5. The van der Waals surface area contributed by atoms with Crippen LogP contribution in [-0.2, 0) is 30.8 Å². The third kappa shape index (κ3) is 6.09. The van der Waals surface area contributed by atoms with E-state index < -0.39 is 28.1 Å². The highest BCUT2D eigenvalue weighted by Crippen LogP contribution is 2.21. The first-order chi connectivity index (χ1) is 14.9. The molecule has 0 bridgehead atoms. The van der Waals surface area contributed by atoms with Crippen LogP contribution in [0.15, 0.2) is 59.5 Å². The molecule has 3 rings (SSSR count). The lowest BCUT2D eigenvalue weighted by Gasteiger charge is -2.34. The zero-order chi connectivity index (χ0) is 22.3. The first-order valence-corrected chi connectivity index (χ1v) is 11.3.